The molecule has 0 rings (SSSR count). The van der Waals surface area contributed by atoms with E-state index in [1.54, 1.807) is 0 Å². The van der Waals surface area contributed by atoms with E-state index in [0.29, 0.717) is 18.9 Å². The molecule has 98 valence electrons. The first-order valence-electron chi connectivity index (χ1n) is 5.84. The van der Waals surface area contributed by atoms with E-state index in [9.17, 15) is 9.59 Å². The Balaban J connectivity index is 3.97. The first-order valence-corrected chi connectivity index (χ1v) is 5.84. The van der Waals surface area contributed by atoms with Gasteiger partial charge in [-0.25, -0.2) is 4.79 Å². The average Bonchev–Trinajstić information content (AvgIpc) is 2.26. The molecule has 0 aromatic rings. The monoisotopic (exact) mass is 242 g/mol. The number of carbonyl (C=O) groups is 2. The van der Waals surface area contributed by atoms with E-state index in [-0.39, 0.29) is 12.3 Å². The van der Waals surface area contributed by atoms with Gasteiger partial charge in [0.25, 0.3) is 0 Å². The fourth-order valence-electron chi connectivity index (χ4n) is 1.46. The Kier molecular flexibility index (Phi) is 8.05. The molecule has 2 unspecified atom stereocenters. The molecule has 0 fully saturated rings. The van der Waals surface area contributed by atoms with E-state index >= 15 is 0 Å². The van der Waals surface area contributed by atoms with Gasteiger partial charge in [0.2, 0.25) is 5.91 Å². The first-order chi connectivity index (χ1) is 8.01. The van der Waals surface area contributed by atoms with Crippen LogP contribution >= 0.6 is 0 Å². The predicted octanol–water partition coefficient (Wildman–Crippen LogP) is 0.897. The summed E-state index contributed by atoms with van der Waals surface area (Å²) in [5, 5.41) is 11.3. The Hall–Kier alpha value is -1.36. The van der Waals surface area contributed by atoms with Gasteiger partial charge in [0, 0.05) is 6.42 Å². The molecule has 0 heterocycles. The molecule has 1 amide bonds. The first kappa shape index (κ1) is 15.6. The van der Waals surface area contributed by atoms with Crippen LogP contribution in [0, 0.1) is 5.92 Å². The molecule has 0 radical (unpaired) electrons. The minimum atomic E-state index is -1.03. The number of nitrogens with one attached hydrogen (secondary N) is 1. The van der Waals surface area contributed by atoms with Crippen LogP contribution in [0.25, 0.3) is 0 Å². The minimum absolute atomic E-state index is 0.233. The highest BCUT2D eigenvalue weighted by atomic mass is 16.4. The van der Waals surface area contributed by atoms with Gasteiger partial charge >= 0.3 is 5.97 Å². The maximum atomic E-state index is 11.5. The lowest BCUT2D eigenvalue weighted by Gasteiger charge is -2.14. The fourth-order valence-corrected chi connectivity index (χ4v) is 1.46. The van der Waals surface area contributed by atoms with Gasteiger partial charge < -0.3 is 16.2 Å². The molecule has 5 heteroatoms. The molecule has 0 bridgehead atoms. The van der Waals surface area contributed by atoms with Crippen LogP contribution in [0.15, 0.2) is 12.7 Å². The van der Waals surface area contributed by atoms with E-state index in [1.165, 1.54) is 6.08 Å². The fraction of sp³-hybridized carbons (Fsp3) is 0.667. The summed E-state index contributed by atoms with van der Waals surface area (Å²) < 4.78 is 0. The summed E-state index contributed by atoms with van der Waals surface area (Å²) >= 11 is 0. The third kappa shape index (κ3) is 7.52. The smallest absolute Gasteiger partial charge is 0.326 e. The number of nitrogens with two attached hydrogens (primary N) is 1. The van der Waals surface area contributed by atoms with Gasteiger partial charge in [-0.05, 0) is 31.7 Å². The molecule has 17 heavy (non-hydrogen) atoms. The van der Waals surface area contributed by atoms with E-state index < -0.39 is 12.0 Å². The predicted molar refractivity (Wildman–Crippen MR) is 66.4 cm³/mol. The van der Waals surface area contributed by atoms with Crippen molar-refractivity contribution in [2.24, 2.45) is 11.7 Å². The van der Waals surface area contributed by atoms with Crippen LogP contribution < -0.4 is 11.1 Å². The van der Waals surface area contributed by atoms with Crippen molar-refractivity contribution >= 4 is 11.9 Å². The van der Waals surface area contributed by atoms with Gasteiger partial charge in [-0.1, -0.05) is 13.0 Å². The number of carboxylic acids is 1. The van der Waals surface area contributed by atoms with Gasteiger partial charge in [-0.2, -0.15) is 0 Å². The van der Waals surface area contributed by atoms with Crippen LogP contribution in [0.1, 0.15) is 32.6 Å². The second-order valence-corrected chi connectivity index (χ2v) is 4.20. The summed E-state index contributed by atoms with van der Waals surface area (Å²) in [5.74, 6) is -0.884. The largest absolute Gasteiger partial charge is 0.480 e. The molecule has 0 aliphatic heterocycles. The van der Waals surface area contributed by atoms with Crippen molar-refractivity contribution in [2.75, 3.05) is 6.54 Å². The van der Waals surface area contributed by atoms with Crippen molar-refractivity contribution in [3.63, 3.8) is 0 Å². The highest BCUT2D eigenvalue weighted by molar-refractivity contribution is 5.83. The molecule has 2 atom stereocenters. The molecular weight excluding hydrogens is 220 g/mol. The topological polar surface area (TPSA) is 92.4 Å². The molecule has 0 aromatic carbocycles. The molecule has 0 spiro atoms. The zero-order valence-corrected chi connectivity index (χ0v) is 10.3. The highest BCUT2D eigenvalue weighted by Gasteiger charge is 2.18. The molecule has 0 aliphatic carbocycles. The Morgan fingerprint density at radius 2 is 2.12 bits per heavy atom. The number of amides is 1. The van der Waals surface area contributed by atoms with Crippen molar-refractivity contribution in [1.29, 1.82) is 0 Å². The van der Waals surface area contributed by atoms with Crippen molar-refractivity contribution in [3.8, 4) is 0 Å². The number of carbonyl (C=O) groups excluding carboxylic acids is 1. The second kappa shape index (κ2) is 8.75. The van der Waals surface area contributed by atoms with Crippen molar-refractivity contribution < 1.29 is 14.7 Å². The molecule has 0 saturated carbocycles. The van der Waals surface area contributed by atoms with E-state index in [4.69, 9.17) is 10.8 Å². The van der Waals surface area contributed by atoms with Crippen molar-refractivity contribution in [2.45, 2.75) is 38.6 Å². The third-order valence-electron chi connectivity index (χ3n) is 2.56. The zero-order valence-electron chi connectivity index (χ0n) is 10.3. The van der Waals surface area contributed by atoms with Gasteiger partial charge in [0.1, 0.15) is 6.04 Å². The SMILES string of the molecule is C=CCC(NC(=O)CCC(C)CCN)C(=O)O. The summed E-state index contributed by atoms with van der Waals surface area (Å²) in [6.07, 6.45) is 3.66. The Morgan fingerprint density at radius 1 is 1.47 bits per heavy atom. The zero-order chi connectivity index (χ0) is 13.3. The standard InChI is InChI=1S/C12H22N2O3/c1-3-4-10(12(16)17)14-11(15)6-5-9(2)7-8-13/h3,9-10H,1,4-8,13H2,2H3,(H,14,15)(H,16,17). The highest BCUT2D eigenvalue weighted by Crippen LogP contribution is 2.09. The Morgan fingerprint density at radius 3 is 2.59 bits per heavy atom. The molecular formula is C12H22N2O3. The van der Waals surface area contributed by atoms with E-state index in [2.05, 4.69) is 11.9 Å². The lowest BCUT2D eigenvalue weighted by Crippen LogP contribution is -2.40. The molecule has 0 aliphatic rings. The van der Waals surface area contributed by atoms with Crippen molar-refractivity contribution in [1.82, 2.24) is 5.32 Å². The molecule has 5 nitrogen and oxygen atoms in total. The lowest BCUT2D eigenvalue weighted by molar-refractivity contribution is -0.141. The lowest BCUT2D eigenvalue weighted by atomic mass is 10.0. The summed E-state index contributed by atoms with van der Waals surface area (Å²) in [7, 11) is 0. The van der Waals surface area contributed by atoms with Gasteiger partial charge in [-0.15, -0.1) is 6.58 Å². The summed E-state index contributed by atoms with van der Waals surface area (Å²) in [4.78, 5) is 22.3. The van der Waals surface area contributed by atoms with Crippen LogP contribution in [0.4, 0.5) is 0 Å². The number of hydrogen-bond donors (Lipinski definition) is 3. The van der Waals surface area contributed by atoms with Gasteiger partial charge in [0.15, 0.2) is 0 Å². The third-order valence-corrected chi connectivity index (χ3v) is 2.56. The Labute approximate surface area is 102 Å². The number of aliphatic carboxylic acids is 1. The van der Waals surface area contributed by atoms with Crippen LogP contribution in [0.3, 0.4) is 0 Å². The van der Waals surface area contributed by atoms with E-state index in [1.807, 2.05) is 6.92 Å². The Bertz CT molecular complexity index is 266. The molecule has 4 N–H and O–H groups in total. The van der Waals surface area contributed by atoms with Gasteiger partial charge in [-0.3, -0.25) is 4.79 Å². The van der Waals surface area contributed by atoms with Crippen LogP contribution in [-0.4, -0.2) is 29.6 Å². The summed E-state index contributed by atoms with van der Waals surface area (Å²) in [6.45, 7) is 6.09. The number of carboxylic acid groups (broad SMARTS) is 1. The molecule has 0 saturated heterocycles. The van der Waals surface area contributed by atoms with Crippen molar-refractivity contribution in [3.05, 3.63) is 12.7 Å². The van der Waals surface area contributed by atoms with Crippen LogP contribution in [0.2, 0.25) is 0 Å². The maximum Gasteiger partial charge on any atom is 0.326 e. The molecule has 0 aromatic heterocycles. The summed E-state index contributed by atoms with van der Waals surface area (Å²) in [5.41, 5.74) is 5.41. The number of rotatable bonds is 9. The quantitative estimate of drug-likeness (QED) is 0.524. The maximum absolute atomic E-state index is 11.5. The van der Waals surface area contributed by atoms with Crippen LogP contribution in [0.5, 0.6) is 0 Å². The second-order valence-electron chi connectivity index (χ2n) is 4.20. The minimum Gasteiger partial charge on any atom is -0.480 e. The van der Waals surface area contributed by atoms with Crippen LogP contribution in [-0.2, 0) is 9.59 Å². The normalized spacial score (nSPS) is 13.8. The van der Waals surface area contributed by atoms with Gasteiger partial charge in [0.05, 0.1) is 0 Å². The average molecular weight is 242 g/mol. The summed E-state index contributed by atoms with van der Waals surface area (Å²) in [6, 6.07) is -0.871. The van der Waals surface area contributed by atoms with E-state index in [0.717, 1.165) is 12.8 Å². The number of hydrogen-bond acceptors (Lipinski definition) is 3.